The molecule has 1 saturated carbocycles. The van der Waals surface area contributed by atoms with Gasteiger partial charge in [-0.1, -0.05) is 0 Å². The lowest BCUT2D eigenvalue weighted by Crippen LogP contribution is -2.37. The molecule has 3 N–H and O–H groups in total. The molecule has 0 aliphatic heterocycles. The maximum absolute atomic E-state index is 10.9. The van der Waals surface area contributed by atoms with Crippen LogP contribution in [0.1, 0.15) is 25.7 Å². The first kappa shape index (κ1) is 10.5. The molecule has 1 aliphatic rings. The molecular formula is C9H18N2O2. The third kappa shape index (κ3) is 3.32. The Labute approximate surface area is 78.7 Å². The van der Waals surface area contributed by atoms with Crippen LogP contribution in [-0.4, -0.2) is 36.8 Å². The van der Waals surface area contributed by atoms with Crippen LogP contribution in [0.25, 0.3) is 0 Å². The Bertz CT molecular complexity index is 173. The summed E-state index contributed by atoms with van der Waals surface area (Å²) in [5.41, 5.74) is 0. The van der Waals surface area contributed by atoms with E-state index in [4.69, 9.17) is 0 Å². The minimum atomic E-state index is -0.218. The first-order chi connectivity index (χ1) is 6.24. The van der Waals surface area contributed by atoms with Crippen LogP contribution in [0, 0.1) is 0 Å². The van der Waals surface area contributed by atoms with Crippen LogP contribution in [0.15, 0.2) is 0 Å². The molecule has 1 aliphatic carbocycles. The number of amides is 1. The van der Waals surface area contributed by atoms with E-state index in [1.807, 2.05) is 0 Å². The Hall–Kier alpha value is -0.610. The van der Waals surface area contributed by atoms with Crippen molar-refractivity contribution < 1.29 is 9.90 Å². The average Bonchev–Trinajstić information content (AvgIpc) is 2.52. The van der Waals surface area contributed by atoms with Gasteiger partial charge in [0.25, 0.3) is 0 Å². The van der Waals surface area contributed by atoms with Gasteiger partial charge in [-0.15, -0.1) is 0 Å². The highest BCUT2D eigenvalue weighted by Gasteiger charge is 2.24. The minimum absolute atomic E-state index is 0.0417. The zero-order valence-corrected chi connectivity index (χ0v) is 8.05. The second-order valence-electron chi connectivity index (χ2n) is 3.48. The lowest BCUT2D eigenvalue weighted by Gasteiger charge is -2.15. The van der Waals surface area contributed by atoms with E-state index < -0.39 is 0 Å². The zero-order chi connectivity index (χ0) is 9.68. The van der Waals surface area contributed by atoms with Crippen LogP contribution in [-0.2, 0) is 4.79 Å². The third-order valence-corrected chi connectivity index (χ3v) is 2.52. The first-order valence-corrected chi connectivity index (χ1v) is 4.86. The van der Waals surface area contributed by atoms with Gasteiger partial charge in [-0.2, -0.15) is 0 Å². The molecule has 0 radical (unpaired) electrons. The average molecular weight is 186 g/mol. The van der Waals surface area contributed by atoms with E-state index in [-0.39, 0.29) is 18.1 Å². The molecule has 13 heavy (non-hydrogen) atoms. The summed E-state index contributed by atoms with van der Waals surface area (Å²) in [7, 11) is 1.63. The van der Waals surface area contributed by atoms with Gasteiger partial charge in [-0.05, 0) is 19.3 Å². The number of nitrogens with one attached hydrogen (secondary N) is 2. The van der Waals surface area contributed by atoms with Crippen molar-refractivity contribution in [3.05, 3.63) is 0 Å². The van der Waals surface area contributed by atoms with E-state index in [9.17, 15) is 9.90 Å². The predicted molar refractivity (Wildman–Crippen MR) is 50.3 cm³/mol. The molecule has 0 bridgehead atoms. The van der Waals surface area contributed by atoms with E-state index in [2.05, 4.69) is 10.6 Å². The number of hydrogen-bond donors (Lipinski definition) is 3. The fraction of sp³-hybridized carbons (Fsp3) is 0.889. The van der Waals surface area contributed by atoms with Crippen LogP contribution in [0.4, 0.5) is 0 Å². The van der Waals surface area contributed by atoms with Gasteiger partial charge < -0.3 is 15.7 Å². The lowest BCUT2D eigenvalue weighted by atomic mass is 10.2. The molecule has 0 unspecified atom stereocenters. The molecule has 1 amide bonds. The highest BCUT2D eigenvalue weighted by Crippen LogP contribution is 2.18. The maximum atomic E-state index is 10.9. The van der Waals surface area contributed by atoms with Crippen molar-refractivity contribution >= 4 is 5.91 Å². The number of rotatable bonds is 4. The van der Waals surface area contributed by atoms with Crippen molar-refractivity contribution in [3.8, 4) is 0 Å². The number of carbonyl (C=O) groups excluding carboxylic acids is 1. The van der Waals surface area contributed by atoms with Crippen molar-refractivity contribution in [2.24, 2.45) is 0 Å². The fourth-order valence-corrected chi connectivity index (χ4v) is 1.67. The summed E-state index contributed by atoms with van der Waals surface area (Å²) in [6, 6.07) is 0.199. The van der Waals surface area contributed by atoms with Crippen LogP contribution in [0.3, 0.4) is 0 Å². The SMILES string of the molecule is CNC(=O)CCN[C@@H]1CCC[C@H]1O. The smallest absolute Gasteiger partial charge is 0.221 e. The third-order valence-electron chi connectivity index (χ3n) is 2.52. The Kier molecular flexibility index (Phi) is 4.18. The van der Waals surface area contributed by atoms with Crippen LogP contribution in [0.2, 0.25) is 0 Å². The summed E-state index contributed by atoms with van der Waals surface area (Å²) in [6.45, 7) is 0.654. The molecule has 76 valence electrons. The number of aliphatic hydroxyl groups is 1. The molecule has 1 rings (SSSR count). The molecular weight excluding hydrogens is 168 g/mol. The highest BCUT2D eigenvalue weighted by molar-refractivity contribution is 5.75. The minimum Gasteiger partial charge on any atom is -0.392 e. The molecule has 0 aromatic carbocycles. The van der Waals surface area contributed by atoms with Gasteiger partial charge in [0.05, 0.1) is 6.10 Å². The normalized spacial score (nSPS) is 27.5. The Morgan fingerprint density at radius 1 is 1.54 bits per heavy atom. The summed E-state index contributed by atoms with van der Waals surface area (Å²) in [6.07, 6.45) is 3.26. The van der Waals surface area contributed by atoms with E-state index in [1.165, 1.54) is 0 Å². The van der Waals surface area contributed by atoms with E-state index >= 15 is 0 Å². The molecule has 1 fully saturated rings. The summed E-state index contributed by atoms with van der Waals surface area (Å²) < 4.78 is 0. The fourth-order valence-electron chi connectivity index (χ4n) is 1.67. The van der Waals surface area contributed by atoms with Crippen LogP contribution < -0.4 is 10.6 Å². The largest absolute Gasteiger partial charge is 0.392 e. The monoisotopic (exact) mass is 186 g/mol. The summed E-state index contributed by atoms with van der Waals surface area (Å²) in [5, 5.41) is 15.2. The molecule has 4 heteroatoms. The van der Waals surface area contributed by atoms with Gasteiger partial charge in [-0.25, -0.2) is 0 Å². The van der Waals surface area contributed by atoms with Gasteiger partial charge in [0.2, 0.25) is 5.91 Å². The van der Waals surface area contributed by atoms with Crippen molar-refractivity contribution in [2.75, 3.05) is 13.6 Å². The van der Waals surface area contributed by atoms with Crippen molar-refractivity contribution in [1.82, 2.24) is 10.6 Å². The molecule has 0 aromatic rings. The van der Waals surface area contributed by atoms with Gasteiger partial charge in [-0.3, -0.25) is 4.79 Å². The number of aliphatic hydroxyl groups excluding tert-OH is 1. The topological polar surface area (TPSA) is 61.4 Å². The molecule has 0 saturated heterocycles. The van der Waals surface area contributed by atoms with E-state index in [1.54, 1.807) is 7.05 Å². The van der Waals surface area contributed by atoms with E-state index in [0.717, 1.165) is 19.3 Å². The maximum Gasteiger partial charge on any atom is 0.221 e. The van der Waals surface area contributed by atoms with Gasteiger partial charge >= 0.3 is 0 Å². The lowest BCUT2D eigenvalue weighted by molar-refractivity contribution is -0.120. The zero-order valence-electron chi connectivity index (χ0n) is 8.05. The van der Waals surface area contributed by atoms with Crippen LogP contribution in [0.5, 0.6) is 0 Å². The summed E-state index contributed by atoms with van der Waals surface area (Å²) in [5.74, 6) is 0.0417. The molecule has 2 atom stereocenters. The summed E-state index contributed by atoms with van der Waals surface area (Å²) >= 11 is 0. The Morgan fingerprint density at radius 3 is 2.85 bits per heavy atom. The quantitative estimate of drug-likeness (QED) is 0.561. The van der Waals surface area contributed by atoms with Gasteiger partial charge in [0.1, 0.15) is 0 Å². The Balaban J connectivity index is 2.08. The van der Waals surface area contributed by atoms with Gasteiger partial charge in [0.15, 0.2) is 0 Å². The van der Waals surface area contributed by atoms with Crippen LogP contribution >= 0.6 is 0 Å². The van der Waals surface area contributed by atoms with Gasteiger partial charge in [0, 0.05) is 26.1 Å². The second-order valence-corrected chi connectivity index (χ2v) is 3.48. The standard InChI is InChI=1S/C9H18N2O2/c1-10-9(13)5-6-11-7-3-2-4-8(7)12/h7-8,11-12H,2-6H2,1H3,(H,10,13)/t7-,8-/m1/s1. The van der Waals surface area contributed by atoms with Crippen molar-refractivity contribution in [2.45, 2.75) is 37.8 Å². The highest BCUT2D eigenvalue weighted by atomic mass is 16.3. The molecule has 4 nitrogen and oxygen atoms in total. The second kappa shape index (κ2) is 5.19. The molecule has 0 heterocycles. The van der Waals surface area contributed by atoms with E-state index in [0.29, 0.717) is 13.0 Å². The number of hydrogen-bond acceptors (Lipinski definition) is 3. The predicted octanol–water partition coefficient (Wildman–Crippen LogP) is -0.374. The Morgan fingerprint density at radius 2 is 2.31 bits per heavy atom. The molecule has 0 spiro atoms. The molecule has 0 aromatic heterocycles. The first-order valence-electron chi connectivity index (χ1n) is 4.86. The van der Waals surface area contributed by atoms with Crippen molar-refractivity contribution in [3.63, 3.8) is 0 Å². The number of carbonyl (C=O) groups is 1. The van der Waals surface area contributed by atoms with Crippen molar-refractivity contribution in [1.29, 1.82) is 0 Å². The summed E-state index contributed by atoms with van der Waals surface area (Å²) in [4.78, 5) is 10.9.